The molecule has 0 radical (unpaired) electrons. The third-order valence-corrected chi connectivity index (χ3v) is 6.06. The zero-order chi connectivity index (χ0) is 18.9. The SMILES string of the molecule is CCn1c(C(NS(=O)(=O)c2ccc(Cl)cc2)C(C)C)nc2ccccc21. The van der Waals surface area contributed by atoms with Gasteiger partial charge in [0.2, 0.25) is 10.0 Å². The number of hydrogen-bond donors (Lipinski definition) is 1. The number of aryl methyl sites for hydroxylation is 1. The van der Waals surface area contributed by atoms with Gasteiger partial charge in [0.05, 0.1) is 22.0 Å². The quantitative estimate of drug-likeness (QED) is 0.677. The number of rotatable bonds is 6. The van der Waals surface area contributed by atoms with E-state index in [0.29, 0.717) is 11.6 Å². The Labute approximate surface area is 159 Å². The third kappa shape index (κ3) is 3.63. The van der Waals surface area contributed by atoms with Crippen LogP contribution in [0.3, 0.4) is 0 Å². The lowest BCUT2D eigenvalue weighted by Gasteiger charge is -2.23. The average Bonchev–Trinajstić information content (AvgIpc) is 2.98. The van der Waals surface area contributed by atoms with Gasteiger partial charge in [0.1, 0.15) is 5.82 Å². The van der Waals surface area contributed by atoms with Crippen LogP contribution in [0.1, 0.15) is 32.6 Å². The molecule has 0 bridgehead atoms. The van der Waals surface area contributed by atoms with Crippen LogP contribution in [0, 0.1) is 5.92 Å². The van der Waals surface area contributed by atoms with Crippen LogP contribution in [0.5, 0.6) is 0 Å². The van der Waals surface area contributed by atoms with Crippen LogP contribution in [0.2, 0.25) is 5.02 Å². The number of halogens is 1. The van der Waals surface area contributed by atoms with Crippen molar-refractivity contribution < 1.29 is 8.42 Å². The van der Waals surface area contributed by atoms with E-state index in [9.17, 15) is 8.42 Å². The third-order valence-electron chi connectivity index (χ3n) is 4.35. The maximum atomic E-state index is 12.9. The summed E-state index contributed by atoms with van der Waals surface area (Å²) in [6, 6.07) is 13.5. The first kappa shape index (κ1) is 18.9. The number of para-hydroxylation sites is 2. The zero-order valence-electron chi connectivity index (χ0n) is 15.0. The van der Waals surface area contributed by atoms with Crippen molar-refractivity contribution in [2.75, 3.05) is 0 Å². The van der Waals surface area contributed by atoms with Gasteiger partial charge in [-0.1, -0.05) is 37.6 Å². The summed E-state index contributed by atoms with van der Waals surface area (Å²) in [4.78, 5) is 4.90. The van der Waals surface area contributed by atoms with Crippen molar-refractivity contribution in [3.63, 3.8) is 0 Å². The van der Waals surface area contributed by atoms with E-state index in [2.05, 4.69) is 9.29 Å². The Bertz CT molecular complexity index is 1010. The highest BCUT2D eigenvalue weighted by Gasteiger charge is 2.28. The molecule has 7 heteroatoms. The molecule has 0 aliphatic carbocycles. The molecule has 1 aromatic heterocycles. The molecule has 3 rings (SSSR count). The van der Waals surface area contributed by atoms with E-state index < -0.39 is 16.1 Å². The fourth-order valence-corrected chi connectivity index (χ4v) is 4.47. The van der Waals surface area contributed by atoms with E-state index in [-0.39, 0.29) is 10.8 Å². The molecule has 0 spiro atoms. The Kier molecular flexibility index (Phi) is 5.37. The number of fused-ring (bicyclic) bond motifs is 1. The fraction of sp³-hybridized carbons (Fsp3) is 0.316. The highest BCUT2D eigenvalue weighted by atomic mass is 35.5. The Morgan fingerprint density at radius 3 is 2.38 bits per heavy atom. The van der Waals surface area contributed by atoms with E-state index in [4.69, 9.17) is 16.6 Å². The number of sulfonamides is 1. The highest BCUT2D eigenvalue weighted by Crippen LogP contribution is 2.27. The van der Waals surface area contributed by atoms with Crippen molar-refractivity contribution in [2.24, 2.45) is 5.92 Å². The Balaban J connectivity index is 2.04. The summed E-state index contributed by atoms with van der Waals surface area (Å²) in [5.41, 5.74) is 1.86. The second-order valence-corrected chi connectivity index (χ2v) is 8.65. The van der Waals surface area contributed by atoms with Crippen molar-refractivity contribution in [3.05, 3.63) is 59.4 Å². The zero-order valence-corrected chi connectivity index (χ0v) is 16.6. The van der Waals surface area contributed by atoms with Crippen molar-refractivity contribution >= 4 is 32.7 Å². The molecule has 5 nitrogen and oxygen atoms in total. The minimum atomic E-state index is -3.69. The van der Waals surface area contributed by atoms with Gasteiger partial charge in [0.15, 0.2) is 0 Å². The van der Waals surface area contributed by atoms with Crippen LogP contribution >= 0.6 is 11.6 Å². The first-order valence-electron chi connectivity index (χ1n) is 8.56. The molecule has 1 unspecified atom stereocenters. The molecule has 26 heavy (non-hydrogen) atoms. The molecule has 1 N–H and O–H groups in total. The van der Waals surface area contributed by atoms with Gasteiger partial charge in [-0.05, 0) is 49.2 Å². The van der Waals surface area contributed by atoms with Gasteiger partial charge in [0, 0.05) is 11.6 Å². The van der Waals surface area contributed by atoms with E-state index in [0.717, 1.165) is 16.9 Å². The van der Waals surface area contributed by atoms with Crippen LogP contribution in [0.15, 0.2) is 53.4 Å². The second-order valence-electron chi connectivity index (χ2n) is 6.50. The maximum Gasteiger partial charge on any atom is 0.241 e. The normalized spacial score (nSPS) is 13.4. The van der Waals surface area contributed by atoms with Crippen LogP contribution in [-0.4, -0.2) is 18.0 Å². The van der Waals surface area contributed by atoms with E-state index in [1.54, 1.807) is 12.1 Å². The van der Waals surface area contributed by atoms with Crippen LogP contribution in [0.25, 0.3) is 11.0 Å². The Morgan fingerprint density at radius 1 is 1.12 bits per heavy atom. The minimum Gasteiger partial charge on any atom is -0.327 e. The van der Waals surface area contributed by atoms with Gasteiger partial charge in [0.25, 0.3) is 0 Å². The number of benzene rings is 2. The minimum absolute atomic E-state index is 0.0270. The standard InChI is InChI=1S/C19H22ClN3O2S/c1-4-23-17-8-6-5-7-16(17)21-19(23)18(13(2)3)22-26(24,25)15-11-9-14(20)10-12-15/h5-13,18,22H,4H2,1-3H3. The lowest BCUT2D eigenvalue weighted by molar-refractivity contribution is 0.431. The summed E-state index contributed by atoms with van der Waals surface area (Å²) < 4.78 is 30.6. The number of nitrogens with zero attached hydrogens (tertiary/aromatic N) is 2. The Hall–Kier alpha value is -1.89. The monoisotopic (exact) mass is 391 g/mol. The first-order valence-corrected chi connectivity index (χ1v) is 10.4. The molecule has 1 atom stereocenters. The molecule has 0 saturated carbocycles. The lowest BCUT2D eigenvalue weighted by atomic mass is 10.1. The van der Waals surface area contributed by atoms with E-state index in [1.165, 1.54) is 12.1 Å². The summed E-state index contributed by atoms with van der Waals surface area (Å²) in [6.45, 7) is 6.70. The van der Waals surface area contributed by atoms with Crippen molar-refractivity contribution in [3.8, 4) is 0 Å². The number of nitrogens with one attached hydrogen (secondary N) is 1. The average molecular weight is 392 g/mol. The summed E-state index contributed by atoms with van der Waals surface area (Å²) >= 11 is 5.87. The predicted octanol–water partition coefficient (Wildman–Crippen LogP) is 4.39. The summed E-state index contributed by atoms with van der Waals surface area (Å²) in [5, 5.41) is 0.497. The van der Waals surface area contributed by atoms with Crippen molar-refractivity contribution in [2.45, 2.75) is 38.3 Å². The maximum absolute atomic E-state index is 12.9. The number of aromatic nitrogens is 2. The molecule has 3 aromatic rings. The molecule has 1 heterocycles. The van der Waals surface area contributed by atoms with E-state index >= 15 is 0 Å². The molecule has 2 aromatic carbocycles. The van der Waals surface area contributed by atoms with Crippen LogP contribution in [-0.2, 0) is 16.6 Å². The second kappa shape index (κ2) is 7.39. The van der Waals surface area contributed by atoms with Crippen LogP contribution in [0.4, 0.5) is 0 Å². The fourth-order valence-electron chi connectivity index (χ4n) is 3.00. The Morgan fingerprint density at radius 2 is 1.77 bits per heavy atom. The number of hydrogen-bond acceptors (Lipinski definition) is 3. The predicted molar refractivity (Wildman–Crippen MR) is 105 cm³/mol. The molecular weight excluding hydrogens is 370 g/mol. The molecule has 0 fully saturated rings. The highest BCUT2D eigenvalue weighted by molar-refractivity contribution is 7.89. The lowest BCUT2D eigenvalue weighted by Crippen LogP contribution is -2.33. The molecule has 0 amide bonds. The van der Waals surface area contributed by atoms with Gasteiger partial charge in [-0.3, -0.25) is 0 Å². The van der Waals surface area contributed by atoms with Gasteiger partial charge in [-0.2, -0.15) is 0 Å². The molecule has 0 aliphatic heterocycles. The summed E-state index contributed by atoms with van der Waals surface area (Å²) in [7, 11) is -3.69. The van der Waals surface area contributed by atoms with Crippen molar-refractivity contribution in [1.29, 1.82) is 0 Å². The summed E-state index contributed by atoms with van der Waals surface area (Å²) in [5.74, 6) is 0.750. The molecule has 0 saturated heterocycles. The van der Waals surface area contributed by atoms with Gasteiger partial charge >= 0.3 is 0 Å². The van der Waals surface area contributed by atoms with Gasteiger partial charge in [-0.25, -0.2) is 18.1 Å². The smallest absolute Gasteiger partial charge is 0.241 e. The topological polar surface area (TPSA) is 64.0 Å². The van der Waals surface area contributed by atoms with Gasteiger partial charge in [-0.15, -0.1) is 0 Å². The number of imidazole rings is 1. The first-order chi connectivity index (χ1) is 12.3. The summed E-state index contributed by atoms with van der Waals surface area (Å²) in [6.07, 6.45) is 0. The molecular formula is C19H22ClN3O2S. The largest absolute Gasteiger partial charge is 0.327 e. The van der Waals surface area contributed by atoms with E-state index in [1.807, 2.05) is 45.0 Å². The molecule has 0 aliphatic rings. The molecule has 138 valence electrons. The van der Waals surface area contributed by atoms with Crippen molar-refractivity contribution in [1.82, 2.24) is 14.3 Å². The van der Waals surface area contributed by atoms with Crippen LogP contribution < -0.4 is 4.72 Å². The van der Waals surface area contributed by atoms with Gasteiger partial charge < -0.3 is 4.57 Å².